The summed E-state index contributed by atoms with van der Waals surface area (Å²) in [4.78, 5) is 0. The first kappa shape index (κ1) is 9.28. The van der Waals surface area contributed by atoms with Crippen molar-refractivity contribution in [3.63, 3.8) is 0 Å². The Labute approximate surface area is 70.2 Å². The maximum absolute atomic E-state index is 9.17. The molecule has 0 aromatic rings. The van der Waals surface area contributed by atoms with Gasteiger partial charge in [-0.2, -0.15) is 0 Å². The van der Waals surface area contributed by atoms with Crippen molar-refractivity contribution in [3.05, 3.63) is 0 Å². The van der Waals surface area contributed by atoms with E-state index < -0.39 is 29.9 Å². The average molecular weight is 180 g/mol. The fourth-order valence-corrected chi connectivity index (χ4v) is 1.40. The number of aliphatic hydroxyl groups is 3. The number of rotatable bonds is 0. The molecule has 1 rings (SSSR count). The van der Waals surface area contributed by atoms with Gasteiger partial charge in [0.15, 0.2) is 0 Å². The monoisotopic (exact) mass is 180 g/mol. The molecule has 1 heterocycles. The van der Waals surface area contributed by atoms with Crippen molar-refractivity contribution >= 4 is 12.6 Å². The minimum atomic E-state index is -1.17. The van der Waals surface area contributed by atoms with Crippen LogP contribution in [0.2, 0.25) is 0 Å². The summed E-state index contributed by atoms with van der Waals surface area (Å²) in [6.07, 6.45) is -3.81. The van der Waals surface area contributed by atoms with Gasteiger partial charge >= 0.3 is 0 Å². The Balaban J connectivity index is 2.63. The molecule has 3 N–H and O–H groups in total. The Hall–Kier alpha value is 0.190. The highest BCUT2D eigenvalue weighted by molar-refractivity contribution is 7.80. The van der Waals surface area contributed by atoms with Gasteiger partial charge in [-0.3, -0.25) is 0 Å². The highest BCUT2D eigenvalue weighted by atomic mass is 32.1. The van der Waals surface area contributed by atoms with Crippen molar-refractivity contribution in [2.24, 2.45) is 0 Å². The second-order valence-electron chi connectivity index (χ2n) is 2.70. The van der Waals surface area contributed by atoms with E-state index in [1.54, 1.807) is 6.92 Å². The van der Waals surface area contributed by atoms with Crippen molar-refractivity contribution in [1.29, 1.82) is 0 Å². The van der Waals surface area contributed by atoms with E-state index in [2.05, 4.69) is 12.6 Å². The fraction of sp³-hybridized carbons (Fsp3) is 1.00. The zero-order valence-corrected chi connectivity index (χ0v) is 6.98. The Kier molecular flexibility index (Phi) is 2.77. The molecule has 0 amide bonds. The zero-order chi connectivity index (χ0) is 8.59. The van der Waals surface area contributed by atoms with Gasteiger partial charge in [0.1, 0.15) is 23.7 Å². The topological polar surface area (TPSA) is 69.9 Å². The van der Waals surface area contributed by atoms with Crippen molar-refractivity contribution in [2.45, 2.75) is 36.8 Å². The quantitative estimate of drug-likeness (QED) is 0.351. The molecular formula is C6H12O4S. The van der Waals surface area contributed by atoms with Crippen molar-refractivity contribution in [2.75, 3.05) is 0 Å². The molecule has 0 radical (unpaired) electrons. The first-order chi connectivity index (χ1) is 5.04. The maximum Gasteiger partial charge on any atom is 0.129 e. The van der Waals surface area contributed by atoms with Crippen LogP contribution in [0.1, 0.15) is 6.92 Å². The van der Waals surface area contributed by atoms with Crippen LogP contribution in [-0.2, 0) is 4.74 Å². The standard InChI is InChI=1S/C6H12O4S/c1-2-3(7)4(8)5(9)6(11)10-2/h2-9,11H,1H3/t2-,3-,4+,5+,6-/m0/s1. The highest BCUT2D eigenvalue weighted by Gasteiger charge is 2.39. The number of thiol groups is 1. The molecule has 1 fully saturated rings. The van der Waals surface area contributed by atoms with Crippen LogP contribution < -0.4 is 0 Å². The summed E-state index contributed by atoms with van der Waals surface area (Å²) in [5.41, 5.74) is -0.719. The minimum Gasteiger partial charge on any atom is -0.388 e. The fourth-order valence-electron chi connectivity index (χ4n) is 1.03. The van der Waals surface area contributed by atoms with E-state index in [0.29, 0.717) is 0 Å². The maximum atomic E-state index is 9.17. The summed E-state index contributed by atoms with van der Waals surface area (Å²) >= 11 is 3.87. The van der Waals surface area contributed by atoms with Crippen LogP contribution in [0.15, 0.2) is 0 Å². The number of hydrogen-bond donors (Lipinski definition) is 4. The highest BCUT2D eigenvalue weighted by Crippen LogP contribution is 2.22. The predicted octanol–water partition coefficient (Wildman–Crippen LogP) is -1.26. The van der Waals surface area contributed by atoms with E-state index in [9.17, 15) is 0 Å². The third-order valence-corrected chi connectivity index (χ3v) is 2.25. The first-order valence-corrected chi connectivity index (χ1v) is 3.93. The largest absolute Gasteiger partial charge is 0.388 e. The normalized spacial score (nSPS) is 52.6. The van der Waals surface area contributed by atoms with Gasteiger partial charge in [-0.15, -0.1) is 12.6 Å². The van der Waals surface area contributed by atoms with E-state index >= 15 is 0 Å². The second-order valence-corrected chi connectivity index (χ2v) is 3.21. The minimum absolute atomic E-state index is 0.490. The lowest BCUT2D eigenvalue weighted by molar-refractivity contribution is -0.191. The van der Waals surface area contributed by atoms with Crippen LogP contribution in [0.3, 0.4) is 0 Å². The van der Waals surface area contributed by atoms with Gasteiger partial charge in [-0.1, -0.05) is 0 Å². The van der Waals surface area contributed by atoms with Crippen LogP contribution in [0.5, 0.6) is 0 Å². The molecule has 0 aromatic heterocycles. The number of aliphatic hydroxyl groups excluding tert-OH is 3. The van der Waals surface area contributed by atoms with E-state index in [1.807, 2.05) is 0 Å². The molecule has 1 saturated heterocycles. The molecule has 0 aliphatic carbocycles. The van der Waals surface area contributed by atoms with Crippen LogP contribution in [0.25, 0.3) is 0 Å². The van der Waals surface area contributed by atoms with Crippen LogP contribution in [0.4, 0.5) is 0 Å². The molecule has 11 heavy (non-hydrogen) atoms. The van der Waals surface area contributed by atoms with E-state index in [0.717, 1.165) is 0 Å². The van der Waals surface area contributed by atoms with Crippen molar-refractivity contribution in [3.8, 4) is 0 Å². The lowest BCUT2D eigenvalue weighted by Gasteiger charge is -2.37. The first-order valence-electron chi connectivity index (χ1n) is 3.41. The Morgan fingerprint density at radius 2 is 1.64 bits per heavy atom. The smallest absolute Gasteiger partial charge is 0.129 e. The van der Waals surface area contributed by atoms with Gasteiger partial charge in [-0.05, 0) is 6.92 Å². The summed E-state index contributed by atoms with van der Waals surface area (Å²) in [6.45, 7) is 1.61. The van der Waals surface area contributed by atoms with Crippen LogP contribution in [-0.4, -0.2) is 45.2 Å². The molecule has 0 spiro atoms. The lowest BCUT2D eigenvalue weighted by Crippen LogP contribution is -2.54. The van der Waals surface area contributed by atoms with Gasteiger partial charge in [0.05, 0.1) is 6.10 Å². The molecule has 1 aliphatic heterocycles. The van der Waals surface area contributed by atoms with Gasteiger partial charge in [0, 0.05) is 0 Å². The molecule has 5 heteroatoms. The molecule has 0 aromatic carbocycles. The van der Waals surface area contributed by atoms with E-state index in [1.165, 1.54) is 0 Å². The molecule has 1 aliphatic rings. The summed E-state index contributed by atoms with van der Waals surface area (Å²) < 4.78 is 4.99. The summed E-state index contributed by atoms with van der Waals surface area (Å²) in [7, 11) is 0. The SMILES string of the molecule is C[C@@H]1O[C@@H](S)[C@H](O)[C@H](O)[C@H]1O. The predicted molar refractivity (Wildman–Crippen MR) is 41.3 cm³/mol. The molecule has 0 saturated carbocycles. The number of ether oxygens (including phenoxy) is 1. The number of hydrogen-bond acceptors (Lipinski definition) is 5. The summed E-state index contributed by atoms with van der Waals surface area (Å²) in [5.74, 6) is 0. The van der Waals surface area contributed by atoms with Gasteiger partial charge in [-0.25, -0.2) is 0 Å². The van der Waals surface area contributed by atoms with Crippen molar-refractivity contribution in [1.82, 2.24) is 0 Å². The summed E-state index contributed by atoms with van der Waals surface area (Å²) in [6, 6.07) is 0. The average Bonchev–Trinajstić information content (AvgIpc) is 1.97. The van der Waals surface area contributed by atoms with Gasteiger partial charge < -0.3 is 20.1 Å². The molecule has 0 bridgehead atoms. The second kappa shape index (κ2) is 3.28. The van der Waals surface area contributed by atoms with Crippen molar-refractivity contribution < 1.29 is 20.1 Å². The molecule has 66 valence electrons. The van der Waals surface area contributed by atoms with Crippen LogP contribution in [0, 0.1) is 0 Å². The lowest BCUT2D eigenvalue weighted by atomic mass is 10.0. The Morgan fingerprint density at radius 1 is 1.09 bits per heavy atom. The summed E-state index contributed by atoms with van der Waals surface area (Å²) in [5, 5.41) is 27.4. The molecular weight excluding hydrogens is 168 g/mol. The Morgan fingerprint density at radius 3 is 2.18 bits per heavy atom. The van der Waals surface area contributed by atoms with Gasteiger partial charge in [0.25, 0.3) is 0 Å². The molecule has 4 nitrogen and oxygen atoms in total. The van der Waals surface area contributed by atoms with Gasteiger partial charge in [0.2, 0.25) is 0 Å². The Bertz CT molecular complexity index is 129. The third kappa shape index (κ3) is 1.68. The molecule has 0 unspecified atom stereocenters. The van der Waals surface area contributed by atoms with Crippen LogP contribution >= 0.6 is 12.6 Å². The van der Waals surface area contributed by atoms with E-state index in [4.69, 9.17) is 20.1 Å². The zero-order valence-electron chi connectivity index (χ0n) is 6.08. The third-order valence-electron chi connectivity index (χ3n) is 1.83. The molecule has 5 atom stereocenters. The van der Waals surface area contributed by atoms with E-state index in [-0.39, 0.29) is 0 Å².